The van der Waals surface area contributed by atoms with Crippen molar-refractivity contribution >= 4 is 5.69 Å². The number of hydrogen-bond donors (Lipinski definition) is 1. The highest BCUT2D eigenvalue weighted by Gasteiger charge is 2.28. The van der Waals surface area contributed by atoms with Crippen molar-refractivity contribution in [1.82, 2.24) is 9.97 Å². The first kappa shape index (κ1) is 14.9. The summed E-state index contributed by atoms with van der Waals surface area (Å²) in [6.45, 7) is -1.38. The van der Waals surface area contributed by atoms with Crippen LogP contribution in [-0.4, -0.2) is 29.9 Å². The first-order chi connectivity index (χ1) is 9.87. The summed E-state index contributed by atoms with van der Waals surface area (Å²) < 4.78 is 46.0. The number of nitrogen functional groups attached to an aromatic ring is 1. The minimum atomic E-state index is -4.41. The molecule has 0 unspecified atom stereocenters. The molecular weight excluding hydrogens is 287 g/mol. The van der Waals surface area contributed by atoms with Crippen molar-refractivity contribution in [3.8, 4) is 22.9 Å². The van der Waals surface area contributed by atoms with Crippen molar-refractivity contribution in [3.05, 3.63) is 30.6 Å². The smallest absolute Gasteiger partial charge is 0.422 e. The average Bonchev–Trinajstić information content (AvgIpc) is 2.44. The summed E-state index contributed by atoms with van der Waals surface area (Å²) in [5.41, 5.74) is 7.08. The Morgan fingerprint density at radius 2 is 1.76 bits per heavy atom. The lowest BCUT2D eigenvalue weighted by Gasteiger charge is -2.11. The number of ether oxygens (including phenoxy) is 2. The number of nitrogens with two attached hydrogens (primary N) is 1. The van der Waals surface area contributed by atoms with Gasteiger partial charge in [0, 0.05) is 29.7 Å². The van der Waals surface area contributed by atoms with E-state index in [0.29, 0.717) is 11.1 Å². The number of benzene rings is 1. The molecule has 2 rings (SSSR count). The maximum Gasteiger partial charge on any atom is 0.422 e. The Morgan fingerprint density at radius 1 is 1.10 bits per heavy atom. The standard InChI is InChI=1S/C13H12F3N3O2/c1-20-12-18-5-9(6-19-12)8-2-10(17)4-11(3-8)21-7-13(14,15)16/h2-6H,7,17H2,1H3. The number of alkyl halides is 3. The van der Waals surface area contributed by atoms with Gasteiger partial charge in [0.25, 0.3) is 0 Å². The van der Waals surface area contributed by atoms with Crippen LogP contribution in [0.15, 0.2) is 30.6 Å². The molecule has 1 aromatic carbocycles. The van der Waals surface area contributed by atoms with Gasteiger partial charge in [-0.05, 0) is 17.7 Å². The van der Waals surface area contributed by atoms with E-state index >= 15 is 0 Å². The number of anilines is 1. The van der Waals surface area contributed by atoms with Gasteiger partial charge in [-0.1, -0.05) is 0 Å². The normalized spacial score (nSPS) is 11.2. The summed E-state index contributed by atoms with van der Waals surface area (Å²) in [7, 11) is 1.43. The van der Waals surface area contributed by atoms with Gasteiger partial charge in [0.2, 0.25) is 0 Å². The molecular formula is C13H12F3N3O2. The van der Waals surface area contributed by atoms with E-state index in [1.165, 1.54) is 31.6 Å². The molecule has 1 heterocycles. The van der Waals surface area contributed by atoms with Crippen LogP contribution >= 0.6 is 0 Å². The maximum absolute atomic E-state index is 12.2. The van der Waals surface area contributed by atoms with Gasteiger partial charge in [0.1, 0.15) is 5.75 Å². The number of nitrogens with zero attached hydrogens (tertiary/aromatic N) is 2. The van der Waals surface area contributed by atoms with E-state index in [4.69, 9.17) is 10.5 Å². The SMILES string of the molecule is COc1ncc(-c2cc(N)cc(OCC(F)(F)F)c2)cn1. The number of methoxy groups -OCH3 is 1. The maximum atomic E-state index is 12.2. The summed E-state index contributed by atoms with van der Waals surface area (Å²) >= 11 is 0. The van der Waals surface area contributed by atoms with Crippen LogP contribution in [0, 0.1) is 0 Å². The third-order valence-corrected chi connectivity index (χ3v) is 2.48. The Bertz CT molecular complexity index is 615. The van der Waals surface area contributed by atoms with E-state index in [-0.39, 0.29) is 17.4 Å². The van der Waals surface area contributed by atoms with Gasteiger partial charge in [-0.3, -0.25) is 0 Å². The minimum Gasteiger partial charge on any atom is -0.484 e. The molecule has 0 saturated heterocycles. The highest BCUT2D eigenvalue weighted by atomic mass is 19.4. The molecule has 2 N–H and O–H groups in total. The lowest BCUT2D eigenvalue weighted by atomic mass is 10.1. The molecule has 0 amide bonds. The fourth-order valence-electron chi connectivity index (χ4n) is 1.61. The Labute approximate surface area is 118 Å². The number of hydrogen-bond acceptors (Lipinski definition) is 5. The first-order valence-corrected chi connectivity index (χ1v) is 5.84. The molecule has 0 spiro atoms. The Morgan fingerprint density at radius 3 is 2.33 bits per heavy atom. The number of rotatable bonds is 4. The molecule has 0 aliphatic rings. The van der Waals surface area contributed by atoms with Gasteiger partial charge in [0.15, 0.2) is 6.61 Å². The number of halogens is 3. The average molecular weight is 299 g/mol. The molecule has 5 nitrogen and oxygen atoms in total. The molecule has 112 valence electrons. The molecule has 0 atom stereocenters. The quantitative estimate of drug-likeness (QED) is 0.879. The zero-order valence-corrected chi connectivity index (χ0v) is 11.0. The molecule has 0 aliphatic heterocycles. The zero-order valence-electron chi connectivity index (χ0n) is 11.0. The summed E-state index contributed by atoms with van der Waals surface area (Å²) in [6, 6.07) is 4.54. The van der Waals surface area contributed by atoms with E-state index in [0.717, 1.165) is 0 Å². The second-order valence-corrected chi connectivity index (χ2v) is 4.15. The fraction of sp³-hybridized carbons (Fsp3) is 0.231. The van der Waals surface area contributed by atoms with Gasteiger partial charge in [0.05, 0.1) is 7.11 Å². The lowest BCUT2D eigenvalue weighted by Crippen LogP contribution is -2.19. The van der Waals surface area contributed by atoms with Crippen molar-refractivity contribution in [2.45, 2.75) is 6.18 Å². The second-order valence-electron chi connectivity index (χ2n) is 4.15. The van der Waals surface area contributed by atoms with Crippen LogP contribution < -0.4 is 15.2 Å². The van der Waals surface area contributed by atoms with Crippen LogP contribution in [0.1, 0.15) is 0 Å². The Hall–Kier alpha value is -2.51. The third-order valence-electron chi connectivity index (χ3n) is 2.48. The van der Waals surface area contributed by atoms with E-state index in [1.54, 1.807) is 6.07 Å². The van der Waals surface area contributed by atoms with E-state index < -0.39 is 12.8 Å². The van der Waals surface area contributed by atoms with Crippen LogP contribution in [0.25, 0.3) is 11.1 Å². The molecule has 0 radical (unpaired) electrons. The summed E-state index contributed by atoms with van der Waals surface area (Å²) in [4.78, 5) is 7.85. The lowest BCUT2D eigenvalue weighted by molar-refractivity contribution is -0.153. The largest absolute Gasteiger partial charge is 0.484 e. The number of aromatic nitrogens is 2. The molecule has 8 heteroatoms. The molecule has 2 aromatic rings. The van der Waals surface area contributed by atoms with E-state index in [9.17, 15) is 13.2 Å². The van der Waals surface area contributed by atoms with Crippen molar-refractivity contribution in [2.24, 2.45) is 0 Å². The Kier molecular flexibility index (Phi) is 4.15. The second kappa shape index (κ2) is 5.86. The molecule has 0 aliphatic carbocycles. The predicted octanol–water partition coefficient (Wildman–Crippen LogP) is 2.68. The summed E-state index contributed by atoms with van der Waals surface area (Å²) in [5.74, 6) is 0.0261. The summed E-state index contributed by atoms with van der Waals surface area (Å²) in [6.07, 6.45) is -1.45. The Balaban J connectivity index is 2.25. The first-order valence-electron chi connectivity index (χ1n) is 5.84. The van der Waals surface area contributed by atoms with Crippen LogP contribution in [0.5, 0.6) is 11.8 Å². The van der Waals surface area contributed by atoms with Gasteiger partial charge in [-0.2, -0.15) is 13.2 Å². The highest BCUT2D eigenvalue weighted by molar-refractivity contribution is 5.68. The van der Waals surface area contributed by atoms with Crippen LogP contribution in [0.4, 0.5) is 18.9 Å². The van der Waals surface area contributed by atoms with Gasteiger partial charge < -0.3 is 15.2 Å². The van der Waals surface area contributed by atoms with Gasteiger partial charge >= 0.3 is 12.2 Å². The van der Waals surface area contributed by atoms with Crippen molar-refractivity contribution < 1.29 is 22.6 Å². The van der Waals surface area contributed by atoms with Crippen LogP contribution in [0.2, 0.25) is 0 Å². The molecule has 0 fully saturated rings. The molecule has 0 saturated carbocycles. The minimum absolute atomic E-state index is 0.0261. The van der Waals surface area contributed by atoms with E-state index in [2.05, 4.69) is 14.7 Å². The monoisotopic (exact) mass is 299 g/mol. The van der Waals surface area contributed by atoms with E-state index in [1.807, 2.05) is 0 Å². The van der Waals surface area contributed by atoms with Crippen LogP contribution in [-0.2, 0) is 0 Å². The molecule has 21 heavy (non-hydrogen) atoms. The summed E-state index contributed by atoms with van der Waals surface area (Å²) in [5, 5.41) is 0. The van der Waals surface area contributed by atoms with Gasteiger partial charge in [-0.15, -0.1) is 0 Å². The molecule has 0 bridgehead atoms. The van der Waals surface area contributed by atoms with Crippen molar-refractivity contribution in [3.63, 3.8) is 0 Å². The topological polar surface area (TPSA) is 70.3 Å². The third kappa shape index (κ3) is 4.23. The predicted molar refractivity (Wildman–Crippen MR) is 70.0 cm³/mol. The molecule has 1 aromatic heterocycles. The van der Waals surface area contributed by atoms with Crippen molar-refractivity contribution in [1.29, 1.82) is 0 Å². The van der Waals surface area contributed by atoms with Crippen LogP contribution in [0.3, 0.4) is 0 Å². The van der Waals surface area contributed by atoms with Gasteiger partial charge in [-0.25, -0.2) is 9.97 Å². The van der Waals surface area contributed by atoms with Crippen molar-refractivity contribution in [2.75, 3.05) is 19.5 Å². The zero-order chi connectivity index (χ0) is 15.5. The highest BCUT2D eigenvalue weighted by Crippen LogP contribution is 2.28. The fourth-order valence-corrected chi connectivity index (χ4v) is 1.61.